The van der Waals surface area contributed by atoms with Gasteiger partial charge in [0.05, 0.1) is 12.0 Å². The molecule has 0 aromatic heterocycles. The molecule has 0 radical (unpaired) electrons. The summed E-state index contributed by atoms with van der Waals surface area (Å²) in [6, 6.07) is 12.3. The van der Waals surface area contributed by atoms with Crippen molar-refractivity contribution in [2.24, 2.45) is 0 Å². The Morgan fingerprint density at radius 2 is 1.87 bits per heavy atom. The van der Waals surface area contributed by atoms with E-state index in [0.717, 1.165) is 49.0 Å². The monoisotopic (exact) mass is 444 g/mol. The van der Waals surface area contributed by atoms with Crippen molar-refractivity contribution in [3.63, 3.8) is 0 Å². The zero-order valence-corrected chi connectivity index (χ0v) is 19.4. The molecule has 1 aliphatic rings. The van der Waals surface area contributed by atoms with Gasteiger partial charge in [-0.1, -0.05) is 43.0 Å². The lowest BCUT2D eigenvalue weighted by atomic mass is 9.96. The lowest BCUT2D eigenvalue weighted by Gasteiger charge is -2.30. The normalized spacial score (nSPS) is 15.1. The summed E-state index contributed by atoms with van der Waals surface area (Å²) >= 11 is 0. The number of methoxy groups -OCH3 is 1. The molecule has 6 nitrogen and oxygen atoms in total. The predicted octanol–water partition coefficient (Wildman–Crippen LogP) is 3.93. The van der Waals surface area contributed by atoms with Crippen molar-refractivity contribution in [2.75, 3.05) is 20.7 Å². The smallest absolute Gasteiger partial charge is 0.251 e. The van der Waals surface area contributed by atoms with Crippen LogP contribution in [0.1, 0.15) is 53.6 Å². The first-order chi connectivity index (χ1) is 14.8. The van der Waals surface area contributed by atoms with E-state index in [9.17, 15) is 13.2 Å². The number of benzene rings is 2. The maximum Gasteiger partial charge on any atom is 0.251 e. The first-order valence-electron chi connectivity index (χ1n) is 10.8. The Hall–Kier alpha value is -2.38. The third-order valence-corrected chi connectivity index (χ3v) is 7.88. The van der Waals surface area contributed by atoms with E-state index in [1.165, 1.54) is 10.4 Å². The third-order valence-electron chi connectivity index (χ3n) is 5.98. The van der Waals surface area contributed by atoms with Crippen molar-refractivity contribution in [1.29, 1.82) is 0 Å². The van der Waals surface area contributed by atoms with Crippen LogP contribution in [0, 0.1) is 6.92 Å². The van der Waals surface area contributed by atoms with Gasteiger partial charge in [-0.15, -0.1) is 0 Å². The SMILES string of the molecule is COc1ccc(C)cc1CCNC(=O)c1cccc(S(=O)(=O)N(C)C2CCCCC2)c1. The molecule has 3 rings (SSSR count). The highest BCUT2D eigenvalue weighted by Crippen LogP contribution is 2.27. The number of rotatable bonds is 8. The number of carbonyl (C=O) groups excluding carboxylic acids is 1. The fourth-order valence-electron chi connectivity index (χ4n) is 4.12. The van der Waals surface area contributed by atoms with Crippen molar-refractivity contribution in [2.45, 2.75) is 56.4 Å². The number of amides is 1. The molecule has 1 aliphatic carbocycles. The summed E-state index contributed by atoms with van der Waals surface area (Å²) in [5.41, 5.74) is 2.49. The molecule has 7 heteroatoms. The number of nitrogens with one attached hydrogen (secondary N) is 1. The quantitative estimate of drug-likeness (QED) is 0.669. The Balaban J connectivity index is 1.66. The average molecular weight is 445 g/mol. The van der Waals surface area contributed by atoms with Crippen LogP contribution >= 0.6 is 0 Å². The Labute approximate surface area is 185 Å². The number of hydrogen-bond acceptors (Lipinski definition) is 4. The lowest BCUT2D eigenvalue weighted by molar-refractivity contribution is 0.0954. The first kappa shape index (κ1) is 23.3. The number of hydrogen-bond donors (Lipinski definition) is 1. The molecule has 1 amide bonds. The number of ether oxygens (including phenoxy) is 1. The van der Waals surface area contributed by atoms with Crippen LogP contribution in [-0.4, -0.2) is 45.4 Å². The average Bonchev–Trinajstić information content (AvgIpc) is 2.79. The van der Waals surface area contributed by atoms with Crippen LogP contribution in [0.5, 0.6) is 5.75 Å². The molecule has 0 bridgehead atoms. The maximum absolute atomic E-state index is 13.1. The Kier molecular flexibility index (Phi) is 7.73. The van der Waals surface area contributed by atoms with Gasteiger partial charge in [-0.25, -0.2) is 8.42 Å². The van der Waals surface area contributed by atoms with Crippen molar-refractivity contribution in [3.8, 4) is 5.75 Å². The molecular formula is C24H32N2O4S. The molecule has 2 aromatic rings. The molecule has 0 heterocycles. The van der Waals surface area contributed by atoms with Gasteiger partial charge < -0.3 is 10.1 Å². The minimum atomic E-state index is -3.64. The molecule has 0 saturated heterocycles. The molecule has 1 fully saturated rings. The van der Waals surface area contributed by atoms with Crippen LogP contribution in [0.3, 0.4) is 0 Å². The van der Waals surface area contributed by atoms with Crippen molar-refractivity contribution in [3.05, 3.63) is 59.2 Å². The molecule has 0 unspecified atom stereocenters. The van der Waals surface area contributed by atoms with Crippen LogP contribution in [0.4, 0.5) is 0 Å². The largest absolute Gasteiger partial charge is 0.496 e. The number of sulfonamides is 1. The van der Waals surface area contributed by atoms with E-state index < -0.39 is 10.0 Å². The summed E-state index contributed by atoms with van der Waals surface area (Å²) in [6.07, 6.45) is 5.67. The number of nitrogens with zero attached hydrogens (tertiary/aromatic N) is 1. The Morgan fingerprint density at radius 3 is 2.58 bits per heavy atom. The lowest BCUT2D eigenvalue weighted by Crippen LogP contribution is -2.38. The van der Waals surface area contributed by atoms with E-state index >= 15 is 0 Å². The van der Waals surface area contributed by atoms with Crippen LogP contribution < -0.4 is 10.1 Å². The van der Waals surface area contributed by atoms with E-state index in [2.05, 4.69) is 5.32 Å². The molecule has 0 aliphatic heterocycles. The Morgan fingerprint density at radius 1 is 1.13 bits per heavy atom. The molecule has 31 heavy (non-hydrogen) atoms. The summed E-state index contributed by atoms with van der Waals surface area (Å²) in [4.78, 5) is 12.8. The van der Waals surface area contributed by atoms with Gasteiger partial charge >= 0.3 is 0 Å². The second-order valence-electron chi connectivity index (χ2n) is 8.16. The molecule has 168 valence electrons. The molecule has 0 atom stereocenters. The van der Waals surface area contributed by atoms with E-state index in [4.69, 9.17) is 4.74 Å². The second-order valence-corrected chi connectivity index (χ2v) is 10.2. The standard InChI is InChI=1S/C24H32N2O4S/c1-18-12-13-23(30-3)19(16-18)14-15-25-24(27)20-8-7-11-22(17-20)31(28,29)26(2)21-9-5-4-6-10-21/h7-8,11-13,16-17,21H,4-6,9-10,14-15H2,1-3H3,(H,25,27). The molecule has 1 N–H and O–H groups in total. The van der Waals surface area contributed by atoms with E-state index in [1.54, 1.807) is 32.4 Å². The third kappa shape index (κ3) is 5.66. The van der Waals surface area contributed by atoms with Crippen LogP contribution in [0.15, 0.2) is 47.4 Å². The molecule has 1 saturated carbocycles. The summed E-state index contributed by atoms with van der Waals surface area (Å²) in [5.74, 6) is 0.502. The van der Waals surface area contributed by atoms with Crippen LogP contribution in [-0.2, 0) is 16.4 Å². The van der Waals surface area contributed by atoms with Gasteiger partial charge in [-0.05, 0) is 56.0 Å². The van der Waals surface area contributed by atoms with Gasteiger partial charge in [0.2, 0.25) is 10.0 Å². The number of aryl methyl sites for hydroxylation is 1. The first-order valence-corrected chi connectivity index (χ1v) is 12.3. The van der Waals surface area contributed by atoms with E-state index in [-0.39, 0.29) is 16.8 Å². The highest BCUT2D eigenvalue weighted by Gasteiger charge is 2.29. The molecular weight excluding hydrogens is 412 g/mol. The highest BCUT2D eigenvalue weighted by atomic mass is 32.2. The summed E-state index contributed by atoms with van der Waals surface area (Å²) in [6.45, 7) is 2.44. The van der Waals surface area contributed by atoms with Crippen molar-refractivity contribution >= 4 is 15.9 Å². The van der Waals surface area contributed by atoms with Gasteiger partial charge in [0.1, 0.15) is 5.75 Å². The van der Waals surface area contributed by atoms with Gasteiger partial charge in [0.25, 0.3) is 5.91 Å². The maximum atomic E-state index is 13.1. The zero-order valence-electron chi connectivity index (χ0n) is 18.6. The highest BCUT2D eigenvalue weighted by molar-refractivity contribution is 7.89. The topological polar surface area (TPSA) is 75.7 Å². The van der Waals surface area contributed by atoms with Gasteiger partial charge in [-0.3, -0.25) is 4.79 Å². The van der Waals surface area contributed by atoms with Gasteiger partial charge in [-0.2, -0.15) is 4.31 Å². The van der Waals surface area contributed by atoms with Crippen molar-refractivity contribution in [1.82, 2.24) is 9.62 Å². The van der Waals surface area contributed by atoms with Crippen molar-refractivity contribution < 1.29 is 17.9 Å². The van der Waals surface area contributed by atoms with Crippen LogP contribution in [0.25, 0.3) is 0 Å². The fourth-order valence-corrected chi connectivity index (χ4v) is 5.58. The summed E-state index contributed by atoms with van der Waals surface area (Å²) in [7, 11) is -0.361. The fraction of sp³-hybridized carbons (Fsp3) is 0.458. The second kappa shape index (κ2) is 10.3. The minimum Gasteiger partial charge on any atom is -0.496 e. The zero-order chi connectivity index (χ0) is 22.4. The summed E-state index contributed by atoms with van der Waals surface area (Å²) < 4.78 is 33.0. The predicted molar refractivity (Wildman–Crippen MR) is 122 cm³/mol. The van der Waals surface area contributed by atoms with Gasteiger partial charge in [0, 0.05) is 25.2 Å². The number of carbonyl (C=O) groups is 1. The van der Waals surface area contributed by atoms with Crippen LogP contribution in [0.2, 0.25) is 0 Å². The molecule has 0 spiro atoms. The Bertz CT molecular complexity index is 1010. The van der Waals surface area contributed by atoms with Gasteiger partial charge in [0.15, 0.2) is 0 Å². The van der Waals surface area contributed by atoms with E-state index in [1.807, 2.05) is 25.1 Å². The minimum absolute atomic E-state index is 0.0283. The molecule has 2 aromatic carbocycles. The summed E-state index contributed by atoms with van der Waals surface area (Å²) in [5, 5.41) is 2.89. The van der Waals surface area contributed by atoms with E-state index in [0.29, 0.717) is 18.5 Å².